The molecule has 1 aliphatic rings. The van der Waals surface area contributed by atoms with Gasteiger partial charge in [-0.15, -0.1) is 0 Å². The van der Waals surface area contributed by atoms with Crippen LogP contribution in [0.2, 0.25) is 0 Å². The lowest BCUT2D eigenvalue weighted by Gasteiger charge is -2.17. The molecule has 1 unspecified atom stereocenters. The van der Waals surface area contributed by atoms with Crippen molar-refractivity contribution < 1.29 is 4.74 Å². The van der Waals surface area contributed by atoms with E-state index < -0.39 is 0 Å². The van der Waals surface area contributed by atoms with E-state index in [2.05, 4.69) is 25.1 Å². The van der Waals surface area contributed by atoms with Gasteiger partial charge in [-0.1, -0.05) is 17.7 Å². The molecule has 0 saturated heterocycles. The molecule has 0 aromatic heterocycles. The molecule has 1 aromatic rings. The van der Waals surface area contributed by atoms with Gasteiger partial charge in [-0.3, -0.25) is 0 Å². The summed E-state index contributed by atoms with van der Waals surface area (Å²) in [6, 6.07) is 8.61. The first-order chi connectivity index (χ1) is 9.04. The molecule has 102 valence electrons. The van der Waals surface area contributed by atoms with E-state index in [4.69, 9.17) is 15.7 Å². The molecule has 0 amide bonds. The van der Waals surface area contributed by atoms with Gasteiger partial charge in [0, 0.05) is 17.9 Å². The average Bonchev–Trinajstić information content (AvgIpc) is 3.08. The van der Waals surface area contributed by atoms with Crippen LogP contribution in [0.15, 0.2) is 18.2 Å². The second-order valence-electron chi connectivity index (χ2n) is 5.92. The number of benzene rings is 1. The van der Waals surface area contributed by atoms with Gasteiger partial charge in [0.1, 0.15) is 5.75 Å². The molecule has 19 heavy (non-hydrogen) atoms. The summed E-state index contributed by atoms with van der Waals surface area (Å²) in [5.74, 6) is 0.923. The molecular formula is C16H22N2O. The van der Waals surface area contributed by atoms with E-state index in [-0.39, 0.29) is 11.5 Å². The average molecular weight is 258 g/mol. The summed E-state index contributed by atoms with van der Waals surface area (Å²) >= 11 is 0. The van der Waals surface area contributed by atoms with E-state index in [1.165, 1.54) is 11.1 Å². The molecule has 1 aromatic carbocycles. The Morgan fingerprint density at radius 1 is 1.47 bits per heavy atom. The van der Waals surface area contributed by atoms with Gasteiger partial charge >= 0.3 is 0 Å². The zero-order valence-corrected chi connectivity index (χ0v) is 11.8. The Labute approximate surface area is 115 Å². The summed E-state index contributed by atoms with van der Waals surface area (Å²) in [5, 5.41) is 8.83. The lowest BCUT2D eigenvalue weighted by atomic mass is 10.0. The Morgan fingerprint density at radius 2 is 2.21 bits per heavy atom. The fourth-order valence-electron chi connectivity index (χ4n) is 2.30. The number of ether oxygens (including phenoxy) is 1. The van der Waals surface area contributed by atoms with E-state index in [0.717, 1.165) is 25.0 Å². The maximum Gasteiger partial charge on any atom is 0.122 e. The Bertz CT molecular complexity index is 484. The number of nitrogens with two attached hydrogens (primary N) is 1. The van der Waals surface area contributed by atoms with Crippen molar-refractivity contribution in [2.24, 2.45) is 11.1 Å². The molecule has 1 saturated carbocycles. The van der Waals surface area contributed by atoms with Gasteiger partial charge in [0.05, 0.1) is 12.7 Å². The zero-order chi connectivity index (χ0) is 13.9. The highest BCUT2D eigenvalue weighted by Gasteiger charge is 2.43. The van der Waals surface area contributed by atoms with Crippen LogP contribution in [0.5, 0.6) is 5.75 Å². The Hall–Kier alpha value is -1.53. The van der Waals surface area contributed by atoms with Crippen LogP contribution in [-0.4, -0.2) is 12.6 Å². The van der Waals surface area contributed by atoms with Crippen molar-refractivity contribution in [3.63, 3.8) is 0 Å². The highest BCUT2D eigenvalue weighted by atomic mass is 16.5. The molecule has 1 fully saturated rings. The van der Waals surface area contributed by atoms with Crippen molar-refractivity contribution in [1.29, 1.82) is 5.26 Å². The van der Waals surface area contributed by atoms with E-state index >= 15 is 0 Å². The number of hydrogen-bond acceptors (Lipinski definition) is 3. The number of hydrogen-bond donors (Lipinski definition) is 1. The molecule has 1 atom stereocenters. The van der Waals surface area contributed by atoms with Crippen molar-refractivity contribution in [2.75, 3.05) is 6.61 Å². The van der Waals surface area contributed by atoms with Crippen LogP contribution in [0.1, 0.15) is 37.3 Å². The second kappa shape index (κ2) is 5.63. The molecule has 0 radical (unpaired) electrons. The third-order valence-electron chi connectivity index (χ3n) is 3.70. The Balaban J connectivity index is 2.05. The van der Waals surface area contributed by atoms with Crippen molar-refractivity contribution >= 4 is 0 Å². The minimum atomic E-state index is 0.116. The number of aryl methyl sites for hydroxylation is 1. The third-order valence-corrected chi connectivity index (χ3v) is 3.70. The highest BCUT2D eigenvalue weighted by molar-refractivity contribution is 5.37. The SMILES string of the molecule is Cc1ccc(OCC2(CC#N)CC2)c(CC(C)N)c1. The van der Waals surface area contributed by atoms with Gasteiger partial charge in [0.2, 0.25) is 0 Å². The predicted octanol–water partition coefficient (Wildman–Crippen LogP) is 2.96. The molecule has 0 spiro atoms. The molecule has 1 aliphatic carbocycles. The van der Waals surface area contributed by atoms with Crippen LogP contribution in [0.25, 0.3) is 0 Å². The van der Waals surface area contributed by atoms with Crippen molar-refractivity contribution in [3.8, 4) is 11.8 Å². The highest BCUT2D eigenvalue weighted by Crippen LogP contribution is 2.48. The Kier molecular flexibility index (Phi) is 4.11. The summed E-state index contributed by atoms with van der Waals surface area (Å²) in [4.78, 5) is 0. The molecule has 3 heteroatoms. The van der Waals surface area contributed by atoms with Crippen LogP contribution < -0.4 is 10.5 Å². The number of rotatable bonds is 6. The largest absolute Gasteiger partial charge is 0.493 e. The normalized spacial score (nSPS) is 17.6. The zero-order valence-electron chi connectivity index (χ0n) is 11.8. The van der Waals surface area contributed by atoms with Crippen LogP contribution >= 0.6 is 0 Å². The first kappa shape index (κ1) is 13.9. The molecule has 2 rings (SSSR count). The summed E-state index contributed by atoms with van der Waals surface area (Å²) in [6.45, 7) is 4.73. The molecular weight excluding hydrogens is 236 g/mol. The minimum absolute atomic E-state index is 0.116. The van der Waals surface area contributed by atoms with Crippen molar-refractivity contribution in [2.45, 2.75) is 45.6 Å². The van der Waals surface area contributed by atoms with Crippen molar-refractivity contribution in [3.05, 3.63) is 29.3 Å². The van der Waals surface area contributed by atoms with Gasteiger partial charge in [0.15, 0.2) is 0 Å². The van der Waals surface area contributed by atoms with Crippen LogP contribution in [0, 0.1) is 23.7 Å². The first-order valence-electron chi connectivity index (χ1n) is 6.89. The molecule has 3 nitrogen and oxygen atoms in total. The lowest BCUT2D eigenvalue weighted by Crippen LogP contribution is -2.19. The fourth-order valence-corrected chi connectivity index (χ4v) is 2.30. The third kappa shape index (κ3) is 3.71. The van der Waals surface area contributed by atoms with Gasteiger partial charge < -0.3 is 10.5 Å². The molecule has 0 bridgehead atoms. The van der Waals surface area contributed by atoms with Gasteiger partial charge in [-0.05, 0) is 44.7 Å². The van der Waals surface area contributed by atoms with E-state index in [1.54, 1.807) is 0 Å². The summed E-state index contributed by atoms with van der Waals surface area (Å²) in [7, 11) is 0. The standard InChI is InChI=1S/C16H22N2O/c1-12-3-4-15(14(9-12)10-13(2)18)19-11-16(5-6-16)7-8-17/h3-4,9,13H,5-7,10-11,18H2,1-2H3. The van der Waals surface area contributed by atoms with Gasteiger partial charge in [0.25, 0.3) is 0 Å². The summed E-state index contributed by atoms with van der Waals surface area (Å²) < 4.78 is 5.97. The maximum absolute atomic E-state index is 8.83. The summed E-state index contributed by atoms with van der Waals surface area (Å²) in [6.07, 6.45) is 3.63. The van der Waals surface area contributed by atoms with Crippen molar-refractivity contribution in [1.82, 2.24) is 0 Å². The van der Waals surface area contributed by atoms with Gasteiger partial charge in [-0.2, -0.15) is 5.26 Å². The van der Waals surface area contributed by atoms with E-state index in [9.17, 15) is 0 Å². The van der Waals surface area contributed by atoms with E-state index in [0.29, 0.717) is 13.0 Å². The molecule has 0 aliphatic heterocycles. The van der Waals surface area contributed by atoms with Gasteiger partial charge in [-0.25, -0.2) is 0 Å². The predicted molar refractivity (Wildman–Crippen MR) is 75.9 cm³/mol. The van der Waals surface area contributed by atoms with Crippen LogP contribution in [0.3, 0.4) is 0 Å². The minimum Gasteiger partial charge on any atom is -0.493 e. The smallest absolute Gasteiger partial charge is 0.122 e. The monoisotopic (exact) mass is 258 g/mol. The van der Waals surface area contributed by atoms with E-state index in [1.807, 2.05) is 13.0 Å². The molecule has 2 N–H and O–H groups in total. The quantitative estimate of drug-likeness (QED) is 0.853. The molecule has 0 heterocycles. The topological polar surface area (TPSA) is 59.0 Å². The Morgan fingerprint density at radius 3 is 2.79 bits per heavy atom. The maximum atomic E-state index is 8.83. The first-order valence-corrected chi connectivity index (χ1v) is 6.89. The van der Waals surface area contributed by atoms with Crippen LogP contribution in [0.4, 0.5) is 0 Å². The number of nitrogens with zero attached hydrogens (tertiary/aromatic N) is 1. The van der Waals surface area contributed by atoms with Crippen LogP contribution in [-0.2, 0) is 6.42 Å². The lowest BCUT2D eigenvalue weighted by molar-refractivity contribution is 0.234. The summed E-state index contributed by atoms with van der Waals surface area (Å²) in [5.41, 5.74) is 8.40. The number of nitriles is 1. The second-order valence-corrected chi connectivity index (χ2v) is 5.92. The fraction of sp³-hybridized carbons (Fsp3) is 0.562.